The molecule has 0 unspecified atom stereocenters. The maximum Gasteiger partial charge on any atom is 0.307 e. The summed E-state index contributed by atoms with van der Waals surface area (Å²) in [7, 11) is 0. The lowest BCUT2D eigenvalue weighted by atomic mass is 10.2. The molecule has 2 rings (SSSR count). The van der Waals surface area contributed by atoms with Crippen molar-refractivity contribution in [3.05, 3.63) is 54.2 Å². The van der Waals surface area contributed by atoms with E-state index < -0.39 is 5.97 Å². The number of carbonyl (C=O) groups is 1. The van der Waals surface area contributed by atoms with Crippen molar-refractivity contribution < 1.29 is 14.6 Å². The second kappa shape index (κ2) is 5.12. The van der Waals surface area contributed by atoms with Crippen LogP contribution in [0.5, 0.6) is 11.6 Å². The molecule has 1 N–H and O–H groups in total. The van der Waals surface area contributed by atoms with Gasteiger partial charge < -0.3 is 9.84 Å². The number of carboxylic acids is 1. The van der Waals surface area contributed by atoms with Crippen LogP contribution in [-0.2, 0) is 11.2 Å². The van der Waals surface area contributed by atoms with Gasteiger partial charge in [-0.15, -0.1) is 0 Å². The molecule has 86 valence electrons. The van der Waals surface area contributed by atoms with Gasteiger partial charge in [-0.25, -0.2) is 4.98 Å². The Hall–Kier alpha value is -2.36. The van der Waals surface area contributed by atoms with E-state index in [2.05, 4.69) is 4.98 Å². The highest BCUT2D eigenvalue weighted by Gasteiger charge is 2.03. The number of benzene rings is 1. The van der Waals surface area contributed by atoms with Gasteiger partial charge in [0.1, 0.15) is 5.75 Å². The highest BCUT2D eigenvalue weighted by Crippen LogP contribution is 2.19. The summed E-state index contributed by atoms with van der Waals surface area (Å²) in [6.45, 7) is 0. The number of aromatic nitrogens is 1. The molecule has 0 fully saturated rings. The van der Waals surface area contributed by atoms with Crippen LogP contribution in [-0.4, -0.2) is 16.1 Å². The number of ether oxygens (including phenoxy) is 1. The topological polar surface area (TPSA) is 59.4 Å². The van der Waals surface area contributed by atoms with Crippen LogP contribution in [0.25, 0.3) is 0 Å². The van der Waals surface area contributed by atoms with Crippen LogP contribution in [0.1, 0.15) is 5.56 Å². The first-order valence-corrected chi connectivity index (χ1v) is 5.13. The second-order valence-electron chi connectivity index (χ2n) is 3.49. The van der Waals surface area contributed by atoms with Crippen molar-refractivity contribution in [1.82, 2.24) is 4.98 Å². The van der Waals surface area contributed by atoms with Crippen LogP contribution in [0.15, 0.2) is 48.7 Å². The van der Waals surface area contributed by atoms with Gasteiger partial charge in [-0.05, 0) is 23.8 Å². The molecule has 17 heavy (non-hydrogen) atoms. The zero-order valence-electron chi connectivity index (χ0n) is 9.04. The Morgan fingerprint density at radius 3 is 2.71 bits per heavy atom. The third kappa shape index (κ3) is 3.31. The zero-order chi connectivity index (χ0) is 12.1. The number of para-hydroxylation sites is 1. The summed E-state index contributed by atoms with van der Waals surface area (Å²) < 4.78 is 5.50. The summed E-state index contributed by atoms with van der Waals surface area (Å²) in [5.41, 5.74) is 0.665. The number of aliphatic carboxylic acids is 1. The van der Waals surface area contributed by atoms with Crippen LogP contribution in [0.3, 0.4) is 0 Å². The van der Waals surface area contributed by atoms with Crippen molar-refractivity contribution in [2.75, 3.05) is 0 Å². The largest absolute Gasteiger partial charge is 0.481 e. The Morgan fingerprint density at radius 2 is 2.00 bits per heavy atom. The van der Waals surface area contributed by atoms with Crippen molar-refractivity contribution in [3.8, 4) is 11.6 Å². The lowest BCUT2D eigenvalue weighted by Crippen LogP contribution is -2.00. The zero-order valence-corrected chi connectivity index (χ0v) is 9.04. The molecular weight excluding hydrogens is 218 g/mol. The van der Waals surface area contributed by atoms with Crippen LogP contribution in [0, 0.1) is 0 Å². The molecule has 0 spiro atoms. The van der Waals surface area contributed by atoms with Gasteiger partial charge in [0.05, 0.1) is 6.42 Å². The Bertz CT molecular complexity index is 511. The molecule has 1 aromatic carbocycles. The van der Waals surface area contributed by atoms with Crippen molar-refractivity contribution in [2.24, 2.45) is 0 Å². The molecule has 2 aromatic rings. The van der Waals surface area contributed by atoms with Crippen molar-refractivity contribution in [2.45, 2.75) is 6.42 Å². The van der Waals surface area contributed by atoms with Crippen LogP contribution >= 0.6 is 0 Å². The molecule has 0 saturated carbocycles. The first-order valence-electron chi connectivity index (χ1n) is 5.13. The van der Waals surface area contributed by atoms with Crippen LogP contribution < -0.4 is 4.74 Å². The van der Waals surface area contributed by atoms with E-state index in [9.17, 15) is 4.79 Å². The fraction of sp³-hybridized carbons (Fsp3) is 0.0769. The maximum atomic E-state index is 10.6. The molecule has 0 saturated heterocycles. The summed E-state index contributed by atoms with van der Waals surface area (Å²) in [4.78, 5) is 14.6. The summed E-state index contributed by atoms with van der Waals surface area (Å²) in [6.07, 6.45) is 1.50. The number of nitrogens with zero attached hydrogens (tertiary/aromatic N) is 1. The molecule has 0 aliphatic heterocycles. The standard InChI is InChI=1S/C13H11NO3/c15-13(16)9-10-6-7-14-12(8-10)17-11-4-2-1-3-5-11/h1-8H,9H2,(H,15,16). The second-order valence-corrected chi connectivity index (χ2v) is 3.49. The monoisotopic (exact) mass is 229 g/mol. The molecule has 1 aromatic heterocycles. The first-order chi connectivity index (χ1) is 8.24. The van der Waals surface area contributed by atoms with E-state index in [0.29, 0.717) is 17.2 Å². The summed E-state index contributed by atoms with van der Waals surface area (Å²) in [6, 6.07) is 12.5. The Kier molecular flexibility index (Phi) is 3.35. The smallest absolute Gasteiger partial charge is 0.307 e. The van der Waals surface area contributed by atoms with Gasteiger partial charge in [0.25, 0.3) is 0 Å². The van der Waals surface area contributed by atoms with E-state index in [1.165, 1.54) is 6.20 Å². The lowest BCUT2D eigenvalue weighted by Gasteiger charge is -2.05. The SMILES string of the molecule is O=C(O)Cc1ccnc(Oc2ccccc2)c1. The minimum atomic E-state index is -0.873. The quantitative estimate of drug-likeness (QED) is 0.875. The van der Waals surface area contributed by atoms with Gasteiger partial charge in [-0.3, -0.25) is 4.79 Å². The van der Waals surface area contributed by atoms with Gasteiger partial charge >= 0.3 is 5.97 Å². The molecule has 0 amide bonds. The number of hydrogen-bond donors (Lipinski definition) is 1. The van der Waals surface area contributed by atoms with E-state index in [0.717, 1.165) is 0 Å². The molecule has 4 nitrogen and oxygen atoms in total. The summed E-state index contributed by atoms with van der Waals surface area (Å²) >= 11 is 0. The molecule has 1 heterocycles. The molecular formula is C13H11NO3. The van der Waals surface area contributed by atoms with Gasteiger partial charge in [-0.1, -0.05) is 18.2 Å². The number of hydrogen-bond acceptors (Lipinski definition) is 3. The number of carboxylic acid groups (broad SMARTS) is 1. The Balaban J connectivity index is 2.14. The minimum Gasteiger partial charge on any atom is -0.481 e. The van der Waals surface area contributed by atoms with Crippen molar-refractivity contribution in [3.63, 3.8) is 0 Å². The van der Waals surface area contributed by atoms with E-state index in [-0.39, 0.29) is 6.42 Å². The van der Waals surface area contributed by atoms with Crippen molar-refractivity contribution >= 4 is 5.97 Å². The van der Waals surface area contributed by atoms with Gasteiger partial charge in [0.15, 0.2) is 0 Å². The average molecular weight is 229 g/mol. The third-order valence-electron chi connectivity index (χ3n) is 2.12. The number of pyridine rings is 1. The lowest BCUT2D eigenvalue weighted by molar-refractivity contribution is -0.136. The van der Waals surface area contributed by atoms with Crippen LogP contribution in [0.4, 0.5) is 0 Å². The van der Waals surface area contributed by atoms with Gasteiger partial charge in [0, 0.05) is 12.3 Å². The highest BCUT2D eigenvalue weighted by atomic mass is 16.5. The Labute approximate surface area is 98.5 Å². The normalized spacial score (nSPS) is 9.88. The summed E-state index contributed by atoms with van der Waals surface area (Å²) in [5.74, 6) is 0.198. The fourth-order valence-corrected chi connectivity index (χ4v) is 1.40. The first kappa shape index (κ1) is 11.1. The summed E-state index contributed by atoms with van der Waals surface area (Å²) in [5, 5.41) is 8.69. The molecule has 0 aliphatic carbocycles. The highest BCUT2D eigenvalue weighted by molar-refractivity contribution is 5.70. The predicted molar refractivity (Wildman–Crippen MR) is 62.1 cm³/mol. The molecule has 0 bridgehead atoms. The molecule has 0 radical (unpaired) electrons. The average Bonchev–Trinajstić information content (AvgIpc) is 2.30. The van der Waals surface area contributed by atoms with E-state index in [1.807, 2.05) is 30.3 Å². The molecule has 4 heteroatoms. The minimum absolute atomic E-state index is 0.0341. The Morgan fingerprint density at radius 1 is 1.24 bits per heavy atom. The predicted octanol–water partition coefficient (Wildman–Crippen LogP) is 2.50. The number of rotatable bonds is 4. The maximum absolute atomic E-state index is 10.6. The van der Waals surface area contributed by atoms with E-state index in [1.54, 1.807) is 12.1 Å². The molecule has 0 aliphatic rings. The van der Waals surface area contributed by atoms with E-state index >= 15 is 0 Å². The van der Waals surface area contributed by atoms with Crippen LogP contribution in [0.2, 0.25) is 0 Å². The van der Waals surface area contributed by atoms with Gasteiger partial charge in [-0.2, -0.15) is 0 Å². The fourth-order valence-electron chi connectivity index (χ4n) is 1.40. The van der Waals surface area contributed by atoms with Crippen molar-refractivity contribution in [1.29, 1.82) is 0 Å². The molecule has 0 atom stereocenters. The van der Waals surface area contributed by atoms with E-state index in [4.69, 9.17) is 9.84 Å². The van der Waals surface area contributed by atoms with Gasteiger partial charge in [0.2, 0.25) is 5.88 Å². The third-order valence-corrected chi connectivity index (χ3v) is 2.12.